The van der Waals surface area contributed by atoms with Gasteiger partial charge in [0.15, 0.2) is 5.78 Å². The summed E-state index contributed by atoms with van der Waals surface area (Å²) in [5.74, 6) is -0.784. The normalized spacial score (nSPS) is 23.8. The fourth-order valence-electron chi connectivity index (χ4n) is 4.16. The Labute approximate surface area is 157 Å². The molecule has 1 saturated carbocycles. The summed E-state index contributed by atoms with van der Waals surface area (Å²) in [6.07, 6.45) is 4.96. The molecule has 144 valence electrons. The number of non-ortho nitro benzene ring substituents is 1. The van der Waals surface area contributed by atoms with E-state index in [4.69, 9.17) is 0 Å². The number of carbonyl (C=O) groups is 3. The zero-order chi connectivity index (χ0) is 19.8. The molecule has 1 saturated heterocycles. The number of likely N-dealkylation sites (N-methyl/N-ethyl adjacent to an activating group) is 1. The standard InChI is InChI=1S/C19H23N3O5/c1-19(14-8-4-3-5-9-14)17(24)21(18(25)20(19)2)12-16(23)13-7-6-10-15(11-13)22(26)27/h6-7,10-11,14H,3-5,8-9,12H2,1-2H3. The minimum atomic E-state index is -0.944. The summed E-state index contributed by atoms with van der Waals surface area (Å²) >= 11 is 0. The number of nitro benzene ring substituents is 1. The number of amides is 3. The highest BCUT2D eigenvalue weighted by atomic mass is 16.6. The summed E-state index contributed by atoms with van der Waals surface area (Å²) < 4.78 is 0. The van der Waals surface area contributed by atoms with Crippen LogP contribution in [0.4, 0.5) is 10.5 Å². The van der Waals surface area contributed by atoms with Crippen molar-refractivity contribution in [1.29, 1.82) is 0 Å². The molecule has 2 aliphatic rings. The molecular weight excluding hydrogens is 350 g/mol. The van der Waals surface area contributed by atoms with Crippen LogP contribution in [0.15, 0.2) is 24.3 Å². The lowest BCUT2D eigenvalue weighted by Crippen LogP contribution is -2.52. The van der Waals surface area contributed by atoms with Crippen LogP contribution in [0.2, 0.25) is 0 Å². The van der Waals surface area contributed by atoms with Crippen molar-refractivity contribution in [2.24, 2.45) is 5.92 Å². The van der Waals surface area contributed by atoms with Crippen molar-refractivity contribution in [2.45, 2.75) is 44.6 Å². The van der Waals surface area contributed by atoms with Gasteiger partial charge in [0.05, 0.1) is 11.5 Å². The van der Waals surface area contributed by atoms with E-state index in [1.165, 1.54) is 23.1 Å². The van der Waals surface area contributed by atoms with Crippen LogP contribution in [-0.2, 0) is 4.79 Å². The van der Waals surface area contributed by atoms with Crippen LogP contribution >= 0.6 is 0 Å². The average Bonchev–Trinajstić information content (AvgIpc) is 2.85. The predicted molar refractivity (Wildman–Crippen MR) is 97.3 cm³/mol. The quantitative estimate of drug-likeness (QED) is 0.342. The van der Waals surface area contributed by atoms with Gasteiger partial charge >= 0.3 is 6.03 Å². The molecule has 1 heterocycles. The van der Waals surface area contributed by atoms with Crippen molar-refractivity contribution in [3.8, 4) is 0 Å². The number of Topliss-reactive ketones (excluding diaryl/α,β-unsaturated/α-hetero) is 1. The second-order valence-electron chi connectivity index (χ2n) is 7.45. The number of nitrogens with zero attached hydrogens (tertiary/aromatic N) is 3. The minimum Gasteiger partial charge on any atom is -0.313 e. The monoisotopic (exact) mass is 373 g/mol. The first-order valence-corrected chi connectivity index (χ1v) is 9.14. The summed E-state index contributed by atoms with van der Waals surface area (Å²) in [5.41, 5.74) is -1.04. The highest BCUT2D eigenvalue weighted by molar-refractivity contribution is 6.11. The number of hydrogen-bond donors (Lipinski definition) is 0. The maximum atomic E-state index is 13.1. The molecule has 1 aromatic carbocycles. The summed E-state index contributed by atoms with van der Waals surface area (Å²) in [7, 11) is 1.60. The van der Waals surface area contributed by atoms with E-state index in [-0.39, 0.29) is 23.1 Å². The molecule has 1 aliphatic heterocycles. The second-order valence-corrected chi connectivity index (χ2v) is 7.45. The van der Waals surface area contributed by atoms with Crippen molar-refractivity contribution in [1.82, 2.24) is 9.80 Å². The maximum absolute atomic E-state index is 13.1. The molecule has 27 heavy (non-hydrogen) atoms. The number of ketones is 1. The van der Waals surface area contributed by atoms with Crippen molar-refractivity contribution < 1.29 is 19.3 Å². The predicted octanol–water partition coefficient (Wildman–Crippen LogP) is 3.01. The van der Waals surface area contributed by atoms with E-state index >= 15 is 0 Å². The molecule has 8 heteroatoms. The van der Waals surface area contributed by atoms with Gasteiger partial charge in [0.2, 0.25) is 0 Å². The van der Waals surface area contributed by atoms with Crippen molar-refractivity contribution in [3.05, 3.63) is 39.9 Å². The number of nitro groups is 1. The average molecular weight is 373 g/mol. The SMILES string of the molecule is CN1C(=O)N(CC(=O)c2cccc([N+](=O)[O-])c2)C(=O)C1(C)C1CCCCC1. The molecule has 0 aromatic heterocycles. The molecule has 3 rings (SSSR count). The fraction of sp³-hybridized carbons (Fsp3) is 0.526. The van der Waals surface area contributed by atoms with Gasteiger partial charge in [-0.05, 0) is 25.7 Å². The van der Waals surface area contributed by atoms with Crippen LogP contribution in [0.1, 0.15) is 49.4 Å². The van der Waals surface area contributed by atoms with Gasteiger partial charge in [-0.1, -0.05) is 31.4 Å². The lowest BCUT2D eigenvalue weighted by Gasteiger charge is -2.38. The van der Waals surface area contributed by atoms with E-state index in [0.29, 0.717) is 0 Å². The third-order valence-corrected chi connectivity index (χ3v) is 5.97. The van der Waals surface area contributed by atoms with Crippen LogP contribution in [-0.4, -0.2) is 51.6 Å². The molecule has 8 nitrogen and oxygen atoms in total. The van der Waals surface area contributed by atoms with E-state index in [2.05, 4.69) is 0 Å². The summed E-state index contributed by atoms with van der Waals surface area (Å²) in [5, 5.41) is 10.9. The van der Waals surface area contributed by atoms with Crippen LogP contribution in [0.3, 0.4) is 0 Å². The number of rotatable bonds is 5. The Bertz CT molecular complexity index is 802. The highest BCUT2D eigenvalue weighted by Gasteiger charge is 2.56. The Hall–Kier alpha value is -2.77. The summed E-state index contributed by atoms with van der Waals surface area (Å²) in [4.78, 5) is 51.1. The molecule has 0 bridgehead atoms. The van der Waals surface area contributed by atoms with Crippen LogP contribution in [0, 0.1) is 16.0 Å². The van der Waals surface area contributed by atoms with Crippen molar-refractivity contribution >= 4 is 23.4 Å². The molecule has 2 fully saturated rings. The van der Waals surface area contributed by atoms with Crippen molar-refractivity contribution in [3.63, 3.8) is 0 Å². The molecule has 1 atom stereocenters. The van der Waals surface area contributed by atoms with E-state index in [0.717, 1.165) is 43.1 Å². The summed E-state index contributed by atoms with van der Waals surface area (Å²) in [6.45, 7) is 1.37. The van der Waals surface area contributed by atoms with Gasteiger partial charge in [0.25, 0.3) is 11.6 Å². The Morgan fingerprint density at radius 2 is 1.93 bits per heavy atom. The third kappa shape index (κ3) is 3.20. The van der Waals surface area contributed by atoms with Gasteiger partial charge in [-0.15, -0.1) is 0 Å². The molecule has 0 spiro atoms. The number of hydrogen-bond acceptors (Lipinski definition) is 5. The first-order chi connectivity index (χ1) is 12.8. The number of imide groups is 1. The van der Waals surface area contributed by atoms with Gasteiger partial charge in [-0.3, -0.25) is 24.6 Å². The highest BCUT2D eigenvalue weighted by Crippen LogP contribution is 2.40. The lowest BCUT2D eigenvalue weighted by molar-refractivity contribution is -0.384. The Morgan fingerprint density at radius 3 is 2.56 bits per heavy atom. The minimum absolute atomic E-state index is 0.0746. The van der Waals surface area contributed by atoms with E-state index < -0.39 is 28.8 Å². The number of urea groups is 1. The van der Waals surface area contributed by atoms with E-state index in [1.807, 2.05) is 0 Å². The van der Waals surface area contributed by atoms with Gasteiger partial charge < -0.3 is 4.90 Å². The second kappa shape index (κ2) is 7.09. The number of benzene rings is 1. The number of carbonyl (C=O) groups excluding carboxylic acids is 3. The molecule has 1 aromatic rings. The Kier molecular flexibility index (Phi) is 4.99. The topological polar surface area (TPSA) is 101 Å². The van der Waals surface area contributed by atoms with E-state index in [1.54, 1.807) is 14.0 Å². The molecule has 0 N–H and O–H groups in total. The smallest absolute Gasteiger partial charge is 0.313 e. The molecular formula is C19H23N3O5. The van der Waals surface area contributed by atoms with Gasteiger partial charge in [0.1, 0.15) is 5.54 Å². The first-order valence-electron chi connectivity index (χ1n) is 9.14. The Balaban J connectivity index is 1.81. The lowest BCUT2D eigenvalue weighted by atomic mass is 9.75. The summed E-state index contributed by atoms with van der Waals surface area (Å²) in [6, 6.07) is 4.82. The zero-order valence-corrected chi connectivity index (χ0v) is 15.5. The third-order valence-electron chi connectivity index (χ3n) is 5.97. The molecule has 0 radical (unpaired) electrons. The van der Waals surface area contributed by atoms with Gasteiger partial charge in [-0.2, -0.15) is 0 Å². The maximum Gasteiger partial charge on any atom is 0.327 e. The molecule has 1 aliphatic carbocycles. The molecule has 3 amide bonds. The Morgan fingerprint density at radius 1 is 1.26 bits per heavy atom. The fourth-order valence-corrected chi connectivity index (χ4v) is 4.16. The van der Waals surface area contributed by atoms with Crippen LogP contribution < -0.4 is 0 Å². The zero-order valence-electron chi connectivity index (χ0n) is 15.5. The van der Waals surface area contributed by atoms with Crippen molar-refractivity contribution in [2.75, 3.05) is 13.6 Å². The van der Waals surface area contributed by atoms with Crippen LogP contribution in [0.5, 0.6) is 0 Å². The first kappa shape index (κ1) is 19.0. The largest absolute Gasteiger partial charge is 0.327 e. The molecule has 1 unspecified atom stereocenters. The van der Waals surface area contributed by atoms with E-state index in [9.17, 15) is 24.5 Å². The van der Waals surface area contributed by atoms with Gasteiger partial charge in [0, 0.05) is 24.7 Å². The van der Waals surface area contributed by atoms with Crippen LogP contribution in [0.25, 0.3) is 0 Å². The van der Waals surface area contributed by atoms with Gasteiger partial charge in [-0.25, -0.2) is 4.79 Å².